The highest BCUT2D eigenvalue weighted by molar-refractivity contribution is 5.95. The van der Waals surface area contributed by atoms with Gasteiger partial charge >= 0.3 is 5.69 Å². The van der Waals surface area contributed by atoms with Gasteiger partial charge in [-0.2, -0.15) is 5.26 Å². The molecule has 0 unspecified atom stereocenters. The summed E-state index contributed by atoms with van der Waals surface area (Å²) in [7, 11) is 2.87. The molecule has 0 saturated carbocycles. The zero-order valence-corrected chi connectivity index (χ0v) is 16.0. The maximum Gasteiger partial charge on any atom is 0.332 e. The molecular formula is C19H19N5O5. The summed E-state index contributed by atoms with van der Waals surface area (Å²) < 4.78 is 12.8. The fourth-order valence-corrected chi connectivity index (χ4v) is 3.64. The molecule has 10 heteroatoms. The lowest BCUT2D eigenvalue weighted by molar-refractivity contribution is 0.0746. The van der Waals surface area contributed by atoms with Gasteiger partial charge in [0.05, 0.1) is 0 Å². The molecule has 2 aromatic rings. The quantitative estimate of drug-likeness (QED) is 0.681. The SMILES string of the molecule is Cn1c(N2CCN(C(=O)c3ccc4c(c3)OCO4)CC2)c(C#N)c(=O)n(C)c1=O. The van der Waals surface area contributed by atoms with Gasteiger partial charge in [-0.1, -0.05) is 0 Å². The molecule has 3 heterocycles. The van der Waals surface area contributed by atoms with Gasteiger partial charge in [-0.05, 0) is 18.2 Å². The molecule has 0 aliphatic carbocycles. The third-order valence-electron chi connectivity index (χ3n) is 5.23. The molecule has 2 aliphatic heterocycles. The van der Waals surface area contributed by atoms with Crippen molar-refractivity contribution in [1.82, 2.24) is 14.0 Å². The summed E-state index contributed by atoms with van der Waals surface area (Å²) in [6.45, 7) is 1.71. The van der Waals surface area contributed by atoms with Gasteiger partial charge in [0.15, 0.2) is 17.1 Å². The van der Waals surface area contributed by atoms with E-state index in [1.54, 1.807) is 28.0 Å². The van der Waals surface area contributed by atoms with Gasteiger partial charge in [0.25, 0.3) is 11.5 Å². The van der Waals surface area contributed by atoms with Gasteiger partial charge in [0.1, 0.15) is 11.9 Å². The van der Waals surface area contributed by atoms with E-state index in [1.807, 2.05) is 6.07 Å². The Bertz CT molecular complexity index is 1150. The molecule has 1 fully saturated rings. The topological polar surface area (TPSA) is 110 Å². The van der Waals surface area contributed by atoms with E-state index in [0.29, 0.717) is 43.2 Å². The lowest BCUT2D eigenvalue weighted by Gasteiger charge is -2.36. The van der Waals surface area contributed by atoms with Crippen molar-refractivity contribution in [2.24, 2.45) is 14.1 Å². The third kappa shape index (κ3) is 3.00. The van der Waals surface area contributed by atoms with E-state index < -0.39 is 11.2 Å². The normalized spacial score (nSPS) is 15.3. The van der Waals surface area contributed by atoms with Crippen molar-refractivity contribution in [3.05, 3.63) is 50.2 Å². The maximum absolute atomic E-state index is 12.8. The van der Waals surface area contributed by atoms with Crippen molar-refractivity contribution < 1.29 is 14.3 Å². The number of carbonyl (C=O) groups is 1. The minimum atomic E-state index is -0.621. The molecule has 150 valence electrons. The Morgan fingerprint density at radius 1 is 1.03 bits per heavy atom. The molecular weight excluding hydrogens is 378 g/mol. The number of hydrogen-bond donors (Lipinski definition) is 0. The molecule has 1 amide bonds. The monoisotopic (exact) mass is 397 g/mol. The van der Waals surface area contributed by atoms with Crippen molar-refractivity contribution >= 4 is 11.7 Å². The first-order valence-corrected chi connectivity index (χ1v) is 9.06. The predicted molar refractivity (Wildman–Crippen MR) is 102 cm³/mol. The number of ether oxygens (including phenoxy) is 2. The number of amides is 1. The Labute approximate surface area is 165 Å². The number of benzene rings is 1. The van der Waals surface area contributed by atoms with Crippen LogP contribution in [0, 0.1) is 11.3 Å². The maximum atomic E-state index is 12.8. The second-order valence-corrected chi connectivity index (χ2v) is 6.86. The second-order valence-electron chi connectivity index (χ2n) is 6.86. The van der Waals surface area contributed by atoms with Crippen molar-refractivity contribution in [2.75, 3.05) is 37.9 Å². The zero-order chi connectivity index (χ0) is 20.7. The predicted octanol–water partition coefficient (Wildman–Crippen LogP) is -0.353. The number of nitrogens with zero attached hydrogens (tertiary/aromatic N) is 5. The summed E-state index contributed by atoms with van der Waals surface area (Å²) in [5, 5.41) is 9.44. The van der Waals surface area contributed by atoms with Gasteiger partial charge in [0, 0.05) is 45.8 Å². The number of carbonyl (C=O) groups excluding carboxylic acids is 1. The molecule has 10 nitrogen and oxygen atoms in total. The van der Waals surface area contributed by atoms with Crippen LogP contribution in [0.15, 0.2) is 27.8 Å². The fourth-order valence-electron chi connectivity index (χ4n) is 3.64. The van der Waals surface area contributed by atoms with E-state index in [9.17, 15) is 19.6 Å². The molecule has 0 radical (unpaired) electrons. The van der Waals surface area contributed by atoms with Crippen LogP contribution in [-0.4, -0.2) is 52.9 Å². The molecule has 1 saturated heterocycles. The summed E-state index contributed by atoms with van der Waals surface area (Å²) in [5.41, 5.74) is -0.695. The minimum Gasteiger partial charge on any atom is -0.454 e. The number of nitriles is 1. The van der Waals surface area contributed by atoms with Crippen LogP contribution in [0.4, 0.5) is 5.82 Å². The van der Waals surface area contributed by atoms with Crippen molar-refractivity contribution in [2.45, 2.75) is 0 Å². The van der Waals surface area contributed by atoms with E-state index in [1.165, 1.54) is 18.7 Å². The third-order valence-corrected chi connectivity index (χ3v) is 5.23. The number of anilines is 1. The number of piperazine rings is 1. The molecule has 1 aromatic heterocycles. The van der Waals surface area contributed by atoms with E-state index >= 15 is 0 Å². The molecule has 0 spiro atoms. The highest BCUT2D eigenvalue weighted by atomic mass is 16.7. The summed E-state index contributed by atoms with van der Waals surface area (Å²) in [6, 6.07) is 6.98. The minimum absolute atomic E-state index is 0.0786. The van der Waals surface area contributed by atoms with Crippen molar-refractivity contribution in [1.29, 1.82) is 5.26 Å². The fraction of sp³-hybridized carbons (Fsp3) is 0.368. The highest BCUT2D eigenvalue weighted by Gasteiger charge is 2.28. The Hall–Kier alpha value is -3.74. The largest absolute Gasteiger partial charge is 0.454 e. The van der Waals surface area contributed by atoms with Crippen molar-refractivity contribution in [3.8, 4) is 17.6 Å². The first-order valence-electron chi connectivity index (χ1n) is 9.06. The lowest BCUT2D eigenvalue weighted by Crippen LogP contribution is -2.51. The number of aromatic nitrogens is 2. The highest BCUT2D eigenvalue weighted by Crippen LogP contribution is 2.33. The second kappa shape index (κ2) is 7.01. The Kier molecular flexibility index (Phi) is 4.50. The molecule has 0 atom stereocenters. The van der Waals surface area contributed by atoms with E-state index in [4.69, 9.17) is 9.47 Å². The summed E-state index contributed by atoms with van der Waals surface area (Å²) >= 11 is 0. The van der Waals surface area contributed by atoms with Gasteiger partial charge in [0.2, 0.25) is 6.79 Å². The summed E-state index contributed by atoms with van der Waals surface area (Å²) in [6.07, 6.45) is 0. The van der Waals surface area contributed by atoms with Gasteiger partial charge in [-0.25, -0.2) is 4.79 Å². The van der Waals surface area contributed by atoms with Crippen LogP contribution >= 0.6 is 0 Å². The van der Waals surface area contributed by atoms with Crippen molar-refractivity contribution in [3.63, 3.8) is 0 Å². The first-order chi connectivity index (χ1) is 13.9. The standard InChI is InChI=1S/C19H19N5O5/c1-21-16(13(10-20)18(26)22(2)19(21)27)23-5-7-24(8-6-23)17(25)12-3-4-14-15(9-12)29-11-28-14/h3-4,9H,5-8,11H2,1-2H3. The smallest absolute Gasteiger partial charge is 0.332 e. The molecule has 4 rings (SSSR count). The summed E-state index contributed by atoms with van der Waals surface area (Å²) in [5.74, 6) is 1.31. The molecule has 0 N–H and O–H groups in total. The Morgan fingerprint density at radius 3 is 2.41 bits per heavy atom. The molecule has 0 bridgehead atoms. The van der Waals surface area contributed by atoms with Gasteiger partial charge in [-0.3, -0.25) is 18.7 Å². The van der Waals surface area contributed by atoms with E-state index in [0.717, 1.165) is 4.57 Å². The molecule has 29 heavy (non-hydrogen) atoms. The van der Waals surface area contributed by atoms with E-state index in [-0.39, 0.29) is 24.1 Å². The number of rotatable bonds is 2. The van der Waals surface area contributed by atoms with Crippen LogP contribution < -0.4 is 25.6 Å². The average Bonchev–Trinajstić information content (AvgIpc) is 3.22. The number of hydrogen-bond acceptors (Lipinski definition) is 7. The first kappa shape index (κ1) is 18.6. The van der Waals surface area contributed by atoms with Crippen LogP contribution in [-0.2, 0) is 14.1 Å². The van der Waals surface area contributed by atoms with Crippen LogP contribution in [0.2, 0.25) is 0 Å². The van der Waals surface area contributed by atoms with Crippen LogP contribution in [0.25, 0.3) is 0 Å². The lowest BCUT2D eigenvalue weighted by atomic mass is 10.1. The molecule has 1 aromatic carbocycles. The summed E-state index contributed by atoms with van der Waals surface area (Å²) in [4.78, 5) is 40.9. The van der Waals surface area contributed by atoms with E-state index in [2.05, 4.69) is 0 Å². The van der Waals surface area contributed by atoms with Crippen LogP contribution in [0.1, 0.15) is 15.9 Å². The van der Waals surface area contributed by atoms with Gasteiger partial charge in [-0.15, -0.1) is 0 Å². The van der Waals surface area contributed by atoms with Gasteiger partial charge < -0.3 is 19.3 Å². The van der Waals surface area contributed by atoms with Crippen LogP contribution in [0.3, 0.4) is 0 Å². The Balaban J connectivity index is 1.55. The van der Waals surface area contributed by atoms with Crippen LogP contribution in [0.5, 0.6) is 11.5 Å². The zero-order valence-electron chi connectivity index (χ0n) is 16.0. The Morgan fingerprint density at radius 2 is 1.72 bits per heavy atom. The number of fused-ring (bicyclic) bond motifs is 1. The molecule has 2 aliphatic rings. The average molecular weight is 397 g/mol.